The van der Waals surface area contributed by atoms with Gasteiger partial charge in [0.05, 0.1) is 5.70 Å². The third kappa shape index (κ3) is 2.23. The second-order valence-electron chi connectivity index (χ2n) is 4.46. The van der Waals surface area contributed by atoms with E-state index in [-0.39, 0.29) is 0 Å². The Bertz CT molecular complexity index is 260. The minimum Gasteiger partial charge on any atom is -0.368 e. The van der Waals surface area contributed by atoms with Crippen molar-refractivity contribution < 1.29 is 0 Å². The highest BCUT2D eigenvalue weighted by Gasteiger charge is 2.30. The van der Waals surface area contributed by atoms with Crippen molar-refractivity contribution in [2.45, 2.75) is 32.2 Å². The van der Waals surface area contributed by atoms with Crippen molar-refractivity contribution in [2.75, 3.05) is 26.2 Å². The second-order valence-corrected chi connectivity index (χ2v) is 4.46. The molecule has 2 aliphatic heterocycles. The van der Waals surface area contributed by atoms with Gasteiger partial charge in [0, 0.05) is 31.9 Å². The molecule has 2 rings (SSSR count). The van der Waals surface area contributed by atoms with Crippen molar-refractivity contribution in [3.63, 3.8) is 0 Å². The Morgan fingerprint density at radius 1 is 1.40 bits per heavy atom. The Hall–Kier alpha value is -0.830. The van der Waals surface area contributed by atoms with Crippen LogP contribution in [-0.2, 0) is 0 Å². The molecule has 84 valence electrons. The van der Waals surface area contributed by atoms with Gasteiger partial charge < -0.3 is 10.3 Å². The SMILES string of the molecule is CC/C=C(\C=N)N1CCN2CCC[C@@H]2C1. The molecule has 15 heavy (non-hydrogen) atoms. The van der Waals surface area contributed by atoms with Crippen LogP contribution < -0.4 is 0 Å². The van der Waals surface area contributed by atoms with Gasteiger partial charge in [0.15, 0.2) is 0 Å². The molecule has 0 aliphatic carbocycles. The van der Waals surface area contributed by atoms with Crippen LogP contribution in [-0.4, -0.2) is 48.2 Å². The average Bonchev–Trinajstić information content (AvgIpc) is 2.72. The lowest BCUT2D eigenvalue weighted by Gasteiger charge is -2.39. The first-order chi connectivity index (χ1) is 7.35. The van der Waals surface area contributed by atoms with E-state index < -0.39 is 0 Å². The van der Waals surface area contributed by atoms with Gasteiger partial charge in [0.25, 0.3) is 0 Å². The fourth-order valence-electron chi connectivity index (χ4n) is 2.71. The molecule has 0 aromatic rings. The number of hydrogen-bond donors (Lipinski definition) is 1. The predicted octanol–water partition coefficient (Wildman–Crippen LogP) is 1.71. The highest BCUT2D eigenvalue weighted by molar-refractivity contribution is 5.74. The molecular formula is C12H21N3. The van der Waals surface area contributed by atoms with E-state index in [0.717, 1.165) is 31.2 Å². The van der Waals surface area contributed by atoms with Gasteiger partial charge in [-0.25, -0.2) is 0 Å². The quantitative estimate of drug-likeness (QED) is 0.714. The molecule has 0 aromatic heterocycles. The molecular weight excluding hydrogens is 186 g/mol. The molecule has 2 heterocycles. The Labute approximate surface area is 92.3 Å². The molecule has 3 heteroatoms. The summed E-state index contributed by atoms with van der Waals surface area (Å²) in [6.45, 7) is 6.82. The maximum Gasteiger partial charge on any atom is 0.0505 e. The van der Waals surface area contributed by atoms with Gasteiger partial charge in [0.1, 0.15) is 0 Å². The van der Waals surface area contributed by atoms with Gasteiger partial charge >= 0.3 is 0 Å². The van der Waals surface area contributed by atoms with Crippen LogP contribution in [0.3, 0.4) is 0 Å². The van der Waals surface area contributed by atoms with E-state index in [2.05, 4.69) is 22.8 Å². The minimum absolute atomic E-state index is 0.749. The summed E-state index contributed by atoms with van der Waals surface area (Å²) >= 11 is 0. The molecule has 0 radical (unpaired) electrons. The number of piperazine rings is 1. The van der Waals surface area contributed by atoms with E-state index >= 15 is 0 Å². The molecule has 1 N–H and O–H groups in total. The normalized spacial score (nSPS) is 27.9. The number of nitrogens with zero attached hydrogens (tertiary/aromatic N) is 2. The Morgan fingerprint density at radius 3 is 3.00 bits per heavy atom. The van der Waals surface area contributed by atoms with Crippen LogP contribution in [0.5, 0.6) is 0 Å². The van der Waals surface area contributed by atoms with Crippen LogP contribution in [0.2, 0.25) is 0 Å². The molecule has 2 saturated heterocycles. The number of allylic oxidation sites excluding steroid dienone is 2. The topological polar surface area (TPSA) is 30.3 Å². The maximum absolute atomic E-state index is 7.44. The molecule has 2 fully saturated rings. The summed E-state index contributed by atoms with van der Waals surface area (Å²) in [5, 5.41) is 7.44. The van der Waals surface area contributed by atoms with Crippen LogP contribution in [0.4, 0.5) is 0 Å². The summed E-state index contributed by atoms with van der Waals surface area (Å²) < 4.78 is 0. The highest BCUT2D eigenvalue weighted by Crippen LogP contribution is 2.23. The lowest BCUT2D eigenvalue weighted by atomic mass is 10.1. The Balaban J connectivity index is 1.99. The summed E-state index contributed by atoms with van der Waals surface area (Å²) in [6.07, 6.45) is 7.39. The van der Waals surface area contributed by atoms with Crippen LogP contribution in [0.1, 0.15) is 26.2 Å². The van der Waals surface area contributed by atoms with Crippen LogP contribution in [0, 0.1) is 5.41 Å². The Kier molecular flexibility index (Phi) is 3.41. The van der Waals surface area contributed by atoms with E-state index in [0.29, 0.717) is 0 Å². The first-order valence-electron chi connectivity index (χ1n) is 6.04. The van der Waals surface area contributed by atoms with E-state index in [1.807, 2.05) is 0 Å². The lowest BCUT2D eigenvalue weighted by Crippen LogP contribution is -2.49. The summed E-state index contributed by atoms with van der Waals surface area (Å²) in [4.78, 5) is 4.98. The zero-order chi connectivity index (χ0) is 10.7. The number of hydrogen-bond acceptors (Lipinski definition) is 3. The van der Waals surface area contributed by atoms with Crippen molar-refractivity contribution in [1.82, 2.24) is 9.80 Å². The first kappa shape index (κ1) is 10.7. The lowest BCUT2D eigenvalue weighted by molar-refractivity contribution is 0.134. The molecule has 0 aromatic carbocycles. The average molecular weight is 207 g/mol. The molecule has 1 atom stereocenters. The largest absolute Gasteiger partial charge is 0.368 e. The number of fused-ring (bicyclic) bond motifs is 1. The number of nitrogens with one attached hydrogen (secondary N) is 1. The zero-order valence-corrected chi connectivity index (χ0v) is 9.58. The van der Waals surface area contributed by atoms with Crippen molar-refractivity contribution >= 4 is 6.21 Å². The van der Waals surface area contributed by atoms with Crippen molar-refractivity contribution in [3.05, 3.63) is 11.8 Å². The maximum atomic E-state index is 7.44. The van der Waals surface area contributed by atoms with Gasteiger partial charge in [-0.2, -0.15) is 0 Å². The van der Waals surface area contributed by atoms with Crippen LogP contribution >= 0.6 is 0 Å². The van der Waals surface area contributed by atoms with Crippen molar-refractivity contribution in [2.24, 2.45) is 0 Å². The Morgan fingerprint density at radius 2 is 2.27 bits per heavy atom. The second kappa shape index (κ2) is 4.79. The standard InChI is InChI=1S/C12H21N3/c1-2-4-11(9-13)15-8-7-14-6-3-5-12(14)10-15/h4,9,12-13H,2-3,5-8,10H2,1H3/b11-4+,13-9?/t12-/m1/s1. The van der Waals surface area contributed by atoms with Gasteiger partial charge in [-0.3, -0.25) is 4.90 Å². The van der Waals surface area contributed by atoms with Crippen molar-refractivity contribution in [1.29, 1.82) is 5.41 Å². The van der Waals surface area contributed by atoms with Gasteiger partial charge in [0.2, 0.25) is 0 Å². The first-order valence-corrected chi connectivity index (χ1v) is 6.04. The van der Waals surface area contributed by atoms with E-state index in [9.17, 15) is 0 Å². The molecule has 0 bridgehead atoms. The van der Waals surface area contributed by atoms with Crippen LogP contribution in [0.25, 0.3) is 0 Å². The summed E-state index contributed by atoms with van der Waals surface area (Å²) in [5.74, 6) is 0. The summed E-state index contributed by atoms with van der Waals surface area (Å²) in [6, 6.07) is 0.749. The molecule has 0 unspecified atom stereocenters. The van der Waals surface area contributed by atoms with E-state index in [1.54, 1.807) is 0 Å². The molecule has 3 nitrogen and oxygen atoms in total. The fourth-order valence-corrected chi connectivity index (χ4v) is 2.71. The van der Waals surface area contributed by atoms with E-state index in [1.165, 1.54) is 32.1 Å². The van der Waals surface area contributed by atoms with Crippen LogP contribution in [0.15, 0.2) is 11.8 Å². The predicted molar refractivity (Wildman–Crippen MR) is 63.3 cm³/mol. The zero-order valence-electron chi connectivity index (χ0n) is 9.58. The molecule has 0 amide bonds. The van der Waals surface area contributed by atoms with Gasteiger partial charge in [-0.05, 0) is 25.8 Å². The fraction of sp³-hybridized carbons (Fsp3) is 0.750. The highest BCUT2D eigenvalue weighted by atomic mass is 15.3. The summed E-state index contributed by atoms with van der Waals surface area (Å²) in [7, 11) is 0. The third-order valence-corrected chi connectivity index (χ3v) is 3.51. The smallest absolute Gasteiger partial charge is 0.0505 e. The third-order valence-electron chi connectivity index (χ3n) is 3.51. The number of rotatable bonds is 3. The van der Waals surface area contributed by atoms with Gasteiger partial charge in [-0.1, -0.05) is 13.0 Å². The van der Waals surface area contributed by atoms with Crippen molar-refractivity contribution in [3.8, 4) is 0 Å². The molecule has 0 saturated carbocycles. The molecule has 2 aliphatic rings. The van der Waals surface area contributed by atoms with E-state index in [4.69, 9.17) is 5.41 Å². The summed E-state index contributed by atoms with van der Waals surface area (Å²) in [5.41, 5.74) is 1.11. The molecule has 0 spiro atoms. The monoisotopic (exact) mass is 207 g/mol. The van der Waals surface area contributed by atoms with Gasteiger partial charge in [-0.15, -0.1) is 0 Å². The minimum atomic E-state index is 0.749.